The Hall–Kier alpha value is -1.64. The first-order chi connectivity index (χ1) is 10.7. The van der Waals surface area contributed by atoms with Crippen molar-refractivity contribution in [1.29, 1.82) is 0 Å². The molecule has 1 fully saturated rings. The van der Waals surface area contributed by atoms with Crippen molar-refractivity contribution in [3.63, 3.8) is 0 Å². The van der Waals surface area contributed by atoms with Gasteiger partial charge in [-0.15, -0.1) is 24.8 Å². The van der Waals surface area contributed by atoms with Gasteiger partial charge in [0.15, 0.2) is 5.65 Å². The second kappa shape index (κ2) is 9.00. The van der Waals surface area contributed by atoms with Crippen LogP contribution in [0.4, 0.5) is 5.82 Å². The Bertz CT molecular complexity index is 670. The van der Waals surface area contributed by atoms with E-state index in [0.29, 0.717) is 6.42 Å². The summed E-state index contributed by atoms with van der Waals surface area (Å²) in [5.74, 6) is 1.11. The summed E-state index contributed by atoms with van der Waals surface area (Å²) in [7, 11) is 3.73. The van der Waals surface area contributed by atoms with Crippen LogP contribution in [0.15, 0.2) is 12.5 Å². The molecule has 1 amide bonds. The lowest BCUT2D eigenvalue weighted by Gasteiger charge is -2.35. The summed E-state index contributed by atoms with van der Waals surface area (Å²) >= 11 is 0. The molecule has 0 bridgehead atoms. The molecule has 0 unspecified atom stereocenters. The molecule has 1 aliphatic rings. The van der Waals surface area contributed by atoms with Crippen molar-refractivity contribution in [2.45, 2.75) is 6.42 Å². The largest absolute Gasteiger partial charge is 0.352 e. The summed E-state index contributed by atoms with van der Waals surface area (Å²) in [6.45, 7) is 3.75. The van der Waals surface area contributed by atoms with Crippen LogP contribution in [0.5, 0.6) is 0 Å². The Morgan fingerprint density at radius 3 is 2.58 bits per heavy atom. The van der Waals surface area contributed by atoms with Crippen molar-refractivity contribution >= 4 is 47.6 Å². The Kier molecular flexibility index (Phi) is 7.65. The number of nitrogens with zero attached hydrogens (tertiary/aromatic N) is 6. The molecule has 2 aromatic rings. The van der Waals surface area contributed by atoms with E-state index in [9.17, 15) is 4.79 Å². The molecule has 1 saturated heterocycles. The van der Waals surface area contributed by atoms with Crippen molar-refractivity contribution < 1.29 is 4.79 Å². The van der Waals surface area contributed by atoms with E-state index >= 15 is 0 Å². The fourth-order valence-corrected chi connectivity index (χ4v) is 2.76. The number of rotatable bonds is 4. The van der Waals surface area contributed by atoms with Crippen LogP contribution >= 0.6 is 24.8 Å². The van der Waals surface area contributed by atoms with Crippen molar-refractivity contribution in [3.05, 3.63) is 12.5 Å². The minimum Gasteiger partial charge on any atom is -0.352 e. The third kappa shape index (κ3) is 4.06. The number of anilines is 1. The molecule has 0 saturated carbocycles. The van der Waals surface area contributed by atoms with Crippen LogP contribution in [-0.4, -0.2) is 70.3 Å². The first-order valence-electron chi connectivity index (χ1n) is 7.50. The fourth-order valence-electron chi connectivity index (χ4n) is 2.76. The van der Waals surface area contributed by atoms with Crippen LogP contribution in [0.1, 0.15) is 6.42 Å². The van der Waals surface area contributed by atoms with Gasteiger partial charge in [-0.3, -0.25) is 9.48 Å². The molecule has 0 aromatic carbocycles. The minimum absolute atomic E-state index is 0. The summed E-state index contributed by atoms with van der Waals surface area (Å²) in [6.07, 6.45) is 3.93. The maximum atomic E-state index is 12.0. The van der Waals surface area contributed by atoms with Crippen LogP contribution in [0.2, 0.25) is 0 Å². The minimum atomic E-state index is 0. The number of hydrogen-bond donors (Lipinski definition) is 1. The number of fused-ring (bicyclic) bond motifs is 1. The van der Waals surface area contributed by atoms with Crippen molar-refractivity contribution in [2.24, 2.45) is 7.05 Å². The van der Waals surface area contributed by atoms with Crippen LogP contribution < -0.4 is 10.2 Å². The van der Waals surface area contributed by atoms with E-state index in [1.807, 2.05) is 19.0 Å². The van der Waals surface area contributed by atoms with Crippen LogP contribution in [0, 0.1) is 0 Å². The second-order valence-electron chi connectivity index (χ2n) is 5.42. The molecule has 134 valence electrons. The first-order valence-corrected chi connectivity index (χ1v) is 7.50. The van der Waals surface area contributed by atoms with Gasteiger partial charge in [0.25, 0.3) is 0 Å². The summed E-state index contributed by atoms with van der Waals surface area (Å²) in [5, 5.41) is 8.21. The van der Waals surface area contributed by atoms with Crippen LogP contribution in [0.25, 0.3) is 11.0 Å². The van der Waals surface area contributed by atoms with E-state index in [-0.39, 0.29) is 30.7 Å². The standard InChI is InChI=1S/C14H21N7O.2ClH/c1-15-4-3-12(22)20-5-7-21(8-6-20)14-11-9-18-19(2)13(11)16-10-17-14;;/h9-10,15H,3-8H2,1-2H3;2*1H. The Balaban J connectivity index is 0.00000144. The van der Waals surface area contributed by atoms with Crippen molar-refractivity contribution in [1.82, 2.24) is 30.0 Å². The molecule has 2 aromatic heterocycles. The van der Waals surface area contributed by atoms with Gasteiger partial charge in [0, 0.05) is 46.2 Å². The normalized spacial score (nSPS) is 14.2. The molecule has 3 heterocycles. The molecular weight excluding hydrogens is 353 g/mol. The molecule has 8 nitrogen and oxygen atoms in total. The lowest BCUT2D eigenvalue weighted by Crippen LogP contribution is -2.49. The predicted octanol–water partition coefficient (Wildman–Crippen LogP) is 0.465. The van der Waals surface area contributed by atoms with E-state index in [0.717, 1.165) is 49.6 Å². The van der Waals surface area contributed by atoms with Gasteiger partial charge in [-0.05, 0) is 7.05 Å². The van der Waals surface area contributed by atoms with Gasteiger partial charge in [0.2, 0.25) is 5.91 Å². The number of aryl methyl sites for hydroxylation is 1. The summed E-state index contributed by atoms with van der Waals surface area (Å²) in [4.78, 5) is 24.8. The predicted molar refractivity (Wildman–Crippen MR) is 98.1 cm³/mol. The number of halogens is 2. The van der Waals surface area contributed by atoms with Gasteiger partial charge in [-0.25, -0.2) is 9.97 Å². The number of aromatic nitrogens is 4. The topological polar surface area (TPSA) is 79.2 Å². The monoisotopic (exact) mass is 375 g/mol. The summed E-state index contributed by atoms with van der Waals surface area (Å²) in [6, 6.07) is 0. The number of hydrogen-bond acceptors (Lipinski definition) is 6. The highest BCUT2D eigenvalue weighted by Gasteiger charge is 2.23. The number of piperazine rings is 1. The van der Waals surface area contributed by atoms with Gasteiger partial charge in [-0.2, -0.15) is 5.10 Å². The molecule has 0 aliphatic carbocycles. The first kappa shape index (κ1) is 20.4. The summed E-state index contributed by atoms with van der Waals surface area (Å²) in [5.41, 5.74) is 0.831. The second-order valence-corrected chi connectivity index (χ2v) is 5.42. The van der Waals surface area contributed by atoms with E-state index in [1.54, 1.807) is 17.2 Å². The summed E-state index contributed by atoms with van der Waals surface area (Å²) < 4.78 is 1.75. The van der Waals surface area contributed by atoms with Crippen LogP contribution in [-0.2, 0) is 11.8 Å². The molecule has 1 aliphatic heterocycles. The van der Waals surface area contributed by atoms with Gasteiger partial charge in [-0.1, -0.05) is 0 Å². The van der Waals surface area contributed by atoms with Gasteiger partial charge in [0.1, 0.15) is 12.1 Å². The van der Waals surface area contributed by atoms with Gasteiger partial charge < -0.3 is 15.1 Å². The number of carbonyl (C=O) groups is 1. The SMILES string of the molecule is CNCCC(=O)N1CCN(c2ncnc3c2cnn3C)CC1.Cl.Cl. The molecule has 24 heavy (non-hydrogen) atoms. The molecule has 0 spiro atoms. The van der Waals surface area contributed by atoms with Crippen molar-refractivity contribution in [3.8, 4) is 0 Å². The lowest BCUT2D eigenvalue weighted by molar-refractivity contribution is -0.131. The molecule has 3 rings (SSSR count). The van der Waals surface area contributed by atoms with Crippen molar-refractivity contribution in [2.75, 3.05) is 44.7 Å². The zero-order valence-electron chi connectivity index (χ0n) is 13.8. The van der Waals surface area contributed by atoms with Gasteiger partial charge in [0.05, 0.1) is 11.6 Å². The lowest BCUT2D eigenvalue weighted by atomic mass is 10.2. The Labute approximate surface area is 153 Å². The fraction of sp³-hybridized carbons (Fsp3) is 0.571. The van der Waals surface area contributed by atoms with E-state index in [1.165, 1.54) is 0 Å². The average molecular weight is 376 g/mol. The maximum Gasteiger partial charge on any atom is 0.223 e. The zero-order chi connectivity index (χ0) is 15.5. The average Bonchev–Trinajstić information content (AvgIpc) is 2.94. The quantitative estimate of drug-likeness (QED) is 0.836. The number of carbonyl (C=O) groups excluding carboxylic acids is 1. The van der Waals surface area contributed by atoms with Crippen LogP contribution in [0.3, 0.4) is 0 Å². The molecule has 1 N–H and O–H groups in total. The van der Waals surface area contributed by atoms with E-state index in [2.05, 4.69) is 25.3 Å². The third-order valence-corrected chi connectivity index (χ3v) is 4.03. The highest BCUT2D eigenvalue weighted by Crippen LogP contribution is 2.23. The van der Waals surface area contributed by atoms with Gasteiger partial charge >= 0.3 is 0 Å². The molecule has 10 heteroatoms. The molecule has 0 atom stereocenters. The number of nitrogens with one attached hydrogen (secondary N) is 1. The number of amides is 1. The third-order valence-electron chi connectivity index (χ3n) is 4.03. The molecule has 0 radical (unpaired) electrons. The molecular formula is C14H23Cl2N7O. The smallest absolute Gasteiger partial charge is 0.223 e. The highest BCUT2D eigenvalue weighted by molar-refractivity contribution is 5.87. The highest BCUT2D eigenvalue weighted by atomic mass is 35.5. The Morgan fingerprint density at radius 2 is 1.92 bits per heavy atom. The zero-order valence-corrected chi connectivity index (χ0v) is 15.4. The Morgan fingerprint density at radius 1 is 1.21 bits per heavy atom. The maximum absolute atomic E-state index is 12.0. The van der Waals surface area contributed by atoms with E-state index in [4.69, 9.17) is 0 Å². The van der Waals surface area contributed by atoms with E-state index < -0.39 is 0 Å².